The van der Waals surface area contributed by atoms with Crippen LogP contribution in [0.25, 0.3) is 16.9 Å². The largest absolute Gasteiger partial charge is 0.497 e. The van der Waals surface area contributed by atoms with Gasteiger partial charge in [-0.15, -0.1) is 0 Å². The molecule has 0 aliphatic rings. The lowest BCUT2D eigenvalue weighted by molar-refractivity contribution is 0.414. The smallest absolute Gasteiger partial charge is 0.137 e. The second kappa shape index (κ2) is 4.87. The predicted octanol–water partition coefficient (Wildman–Crippen LogP) is 4.43. The van der Waals surface area contributed by atoms with Gasteiger partial charge < -0.3 is 9.14 Å². The second-order valence-corrected chi connectivity index (χ2v) is 5.38. The molecule has 0 saturated heterocycles. The molecule has 2 heterocycles. The Morgan fingerprint density at radius 3 is 2.79 bits per heavy atom. The minimum absolute atomic E-state index is 0.685. The highest BCUT2D eigenvalue weighted by atomic mass is 79.9. The number of rotatable bonds is 2. The Bertz CT molecular complexity index is 754. The van der Waals surface area contributed by atoms with Crippen LogP contribution in [0.15, 0.2) is 47.2 Å². The van der Waals surface area contributed by atoms with Gasteiger partial charge in [-0.2, -0.15) is 0 Å². The monoisotopic (exact) mass is 336 g/mol. The summed E-state index contributed by atoms with van der Waals surface area (Å²) < 4.78 is 8.04. The molecule has 0 fully saturated rings. The number of ether oxygens (including phenoxy) is 1. The third kappa shape index (κ3) is 2.33. The van der Waals surface area contributed by atoms with Gasteiger partial charge in [0.05, 0.1) is 17.8 Å². The fourth-order valence-corrected chi connectivity index (χ4v) is 2.65. The Morgan fingerprint density at radius 1 is 1.21 bits per heavy atom. The third-order valence-corrected chi connectivity index (χ3v) is 3.75. The first-order valence-corrected chi connectivity index (χ1v) is 6.82. The molecule has 5 heteroatoms. The first-order valence-electron chi connectivity index (χ1n) is 5.65. The summed E-state index contributed by atoms with van der Waals surface area (Å²) in [7, 11) is 1.65. The Kier molecular flexibility index (Phi) is 3.21. The fraction of sp³-hybridized carbons (Fsp3) is 0.0714. The molecule has 0 bridgehead atoms. The van der Waals surface area contributed by atoms with Gasteiger partial charge in [0.25, 0.3) is 0 Å². The van der Waals surface area contributed by atoms with Crippen LogP contribution in [0.1, 0.15) is 0 Å². The number of methoxy groups -OCH3 is 1. The van der Waals surface area contributed by atoms with E-state index in [1.54, 1.807) is 7.11 Å². The van der Waals surface area contributed by atoms with E-state index >= 15 is 0 Å². The number of nitrogens with zero attached hydrogens (tertiary/aromatic N) is 2. The van der Waals surface area contributed by atoms with Crippen molar-refractivity contribution in [2.45, 2.75) is 0 Å². The van der Waals surface area contributed by atoms with Crippen LogP contribution in [0.4, 0.5) is 0 Å². The zero-order valence-electron chi connectivity index (χ0n) is 10.1. The molecule has 0 aliphatic carbocycles. The summed E-state index contributed by atoms with van der Waals surface area (Å²) in [6.45, 7) is 0. The van der Waals surface area contributed by atoms with E-state index in [-0.39, 0.29) is 0 Å². The van der Waals surface area contributed by atoms with Gasteiger partial charge >= 0.3 is 0 Å². The average Bonchev–Trinajstić information content (AvgIpc) is 2.81. The Balaban J connectivity index is 2.13. The molecule has 2 aromatic heterocycles. The number of pyridine rings is 1. The summed E-state index contributed by atoms with van der Waals surface area (Å²) in [5.74, 6) is 0.808. The van der Waals surface area contributed by atoms with Crippen LogP contribution in [0, 0.1) is 0 Å². The molecule has 0 amide bonds. The van der Waals surface area contributed by atoms with Crippen LogP contribution in [0.2, 0.25) is 5.02 Å². The van der Waals surface area contributed by atoms with Crippen molar-refractivity contribution in [3.63, 3.8) is 0 Å². The van der Waals surface area contributed by atoms with Crippen molar-refractivity contribution < 1.29 is 4.74 Å². The summed E-state index contributed by atoms with van der Waals surface area (Å²) in [6, 6.07) is 9.54. The predicted molar refractivity (Wildman–Crippen MR) is 79.9 cm³/mol. The van der Waals surface area contributed by atoms with Gasteiger partial charge in [-0.1, -0.05) is 11.6 Å². The zero-order valence-corrected chi connectivity index (χ0v) is 12.4. The number of benzene rings is 1. The van der Waals surface area contributed by atoms with Crippen LogP contribution in [-0.4, -0.2) is 16.5 Å². The normalized spacial score (nSPS) is 10.9. The summed E-state index contributed by atoms with van der Waals surface area (Å²) >= 11 is 9.51. The van der Waals surface area contributed by atoms with Crippen molar-refractivity contribution in [3.8, 4) is 17.0 Å². The summed E-state index contributed by atoms with van der Waals surface area (Å²) in [4.78, 5) is 4.57. The Morgan fingerprint density at radius 2 is 2.05 bits per heavy atom. The SMILES string of the molecule is COc1ccc(-c2cn3cc(Cl)ccc3n2)c(Br)c1. The van der Waals surface area contributed by atoms with E-state index in [0.29, 0.717) is 5.02 Å². The Labute approximate surface area is 123 Å². The molecular formula is C14H10BrClN2O. The zero-order chi connectivity index (χ0) is 13.4. The number of aromatic nitrogens is 2. The highest BCUT2D eigenvalue weighted by Crippen LogP contribution is 2.31. The van der Waals surface area contributed by atoms with Crippen molar-refractivity contribution in [1.29, 1.82) is 0 Å². The molecular weight excluding hydrogens is 328 g/mol. The molecule has 0 N–H and O–H groups in total. The average molecular weight is 338 g/mol. The van der Waals surface area contributed by atoms with E-state index in [2.05, 4.69) is 20.9 Å². The molecule has 3 rings (SSSR count). The molecule has 0 unspecified atom stereocenters. The first-order chi connectivity index (χ1) is 9.17. The van der Waals surface area contributed by atoms with E-state index in [9.17, 15) is 0 Å². The maximum atomic E-state index is 5.97. The van der Waals surface area contributed by atoms with E-state index in [1.807, 2.05) is 47.1 Å². The lowest BCUT2D eigenvalue weighted by Crippen LogP contribution is -1.84. The van der Waals surface area contributed by atoms with Crippen LogP contribution < -0.4 is 4.74 Å². The fourth-order valence-electron chi connectivity index (χ4n) is 1.92. The standard InChI is InChI=1S/C14H10BrClN2O/c1-19-10-3-4-11(12(15)6-10)13-8-18-7-9(16)2-5-14(18)17-13/h2-8H,1H3. The number of halogens is 2. The van der Waals surface area contributed by atoms with Crippen LogP contribution in [0.3, 0.4) is 0 Å². The molecule has 19 heavy (non-hydrogen) atoms. The molecule has 0 atom stereocenters. The lowest BCUT2D eigenvalue weighted by Gasteiger charge is -2.04. The molecule has 0 radical (unpaired) electrons. The topological polar surface area (TPSA) is 26.5 Å². The maximum Gasteiger partial charge on any atom is 0.137 e. The van der Waals surface area contributed by atoms with E-state index in [1.165, 1.54) is 0 Å². The van der Waals surface area contributed by atoms with Crippen LogP contribution in [-0.2, 0) is 0 Å². The summed E-state index contributed by atoms with van der Waals surface area (Å²) in [5, 5.41) is 0.685. The minimum atomic E-state index is 0.685. The first kappa shape index (κ1) is 12.5. The molecule has 3 aromatic rings. The highest BCUT2D eigenvalue weighted by Gasteiger charge is 2.09. The minimum Gasteiger partial charge on any atom is -0.497 e. The van der Waals surface area contributed by atoms with Crippen molar-refractivity contribution in [1.82, 2.24) is 9.38 Å². The number of fused-ring (bicyclic) bond motifs is 1. The van der Waals surface area contributed by atoms with E-state index in [0.717, 1.165) is 27.1 Å². The molecule has 3 nitrogen and oxygen atoms in total. The van der Waals surface area contributed by atoms with E-state index in [4.69, 9.17) is 16.3 Å². The van der Waals surface area contributed by atoms with Crippen molar-refractivity contribution in [2.75, 3.05) is 7.11 Å². The van der Waals surface area contributed by atoms with Gasteiger partial charge in [0.1, 0.15) is 11.4 Å². The van der Waals surface area contributed by atoms with Gasteiger partial charge in [-0.05, 0) is 46.3 Å². The Hall–Kier alpha value is -1.52. The second-order valence-electron chi connectivity index (χ2n) is 4.08. The van der Waals surface area contributed by atoms with Gasteiger partial charge in [0.2, 0.25) is 0 Å². The molecule has 0 saturated carbocycles. The van der Waals surface area contributed by atoms with Gasteiger partial charge in [0.15, 0.2) is 0 Å². The molecule has 1 aromatic carbocycles. The molecule has 96 valence electrons. The van der Waals surface area contributed by atoms with Gasteiger partial charge in [0, 0.05) is 22.4 Å². The number of imidazole rings is 1. The van der Waals surface area contributed by atoms with Crippen molar-refractivity contribution in [2.24, 2.45) is 0 Å². The highest BCUT2D eigenvalue weighted by molar-refractivity contribution is 9.10. The van der Waals surface area contributed by atoms with E-state index < -0.39 is 0 Å². The van der Waals surface area contributed by atoms with Gasteiger partial charge in [-0.25, -0.2) is 4.98 Å². The summed E-state index contributed by atoms with van der Waals surface area (Å²) in [5.41, 5.74) is 2.76. The quantitative estimate of drug-likeness (QED) is 0.692. The number of hydrogen-bond acceptors (Lipinski definition) is 2. The maximum absolute atomic E-state index is 5.97. The third-order valence-electron chi connectivity index (χ3n) is 2.87. The van der Waals surface area contributed by atoms with Crippen LogP contribution >= 0.6 is 27.5 Å². The number of hydrogen-bond donors (Lipinski definition) is 0. The molecule has 0 aliphatic heterocycles. The van der Waals surface area contributed by atoms with Crippen molar-refractivity contribution in [3.05, 3.63) is 52.2 Å². The van der Waals surface area contributed by atoms with Crippen molar-refractivity contribution >= 4 is 33.2 Å². The molecule has 0 spiro atoms. The van der Waals surface area contributed by atoms with Gasteiger partial charge in [-0.3, -0.25) is 0 Å². The lowest BCUT2D eigenvalue weighted by atomic mass is 10.1. The van der Waals surface area contributed by atoms with Crippen LogP contribution in [0.5, 0.6) is 5.75 Å². The summed E-state index contributed by atoms with van der Waals surface area (Å²) in [6.07, 6.45) is 3.79.